The Morgan fingerprint density at radius 3 is 2.68 bits per heavy atom. The maximum absolute atomic E-state index is 13.7. The third-order valence-corrected chi connectivity index (χ3v) is 3.07. The number of para-hydroxylation sites is 1. The van der Waals surface area contributed by atoms with E-state index in [0.29, 0.717) is 27.5 Å². The van der Waals surface area contributed by atoms with Crippen LogP contribution >= 0.6 is 15.9 Å². The Morgan fingerprint density at radius 2 is 2.00 bits per heavy atom. The van der Waals surface area contributed by atoms with Gasteiger partial charge in [0.25, 0.3) is 0 Å². The van der Waals surface area contributed by atoms with Crippen LogP contribution in [0.1, 0.15) is 0 Å². The zero-order valence-electron chi connectivity index (χ0n) is 9.68. The summed E-state index contributed by atoms with van der Waals surface area (Å²) in [6.45, 7) is 0. The summed E-state index contributed by atoms with van der Waals surface area (Å²) in [6.07, 6.45) is 1.56. The van der Waals surface area contributed by atoms with Crippen molar-refractivity contribution in [3.63, 3.8) is 0 Å². The topological polar surface area (TPSA) is 57.0 Å². The highest BCUT2D eigenvalue weighted by atomic mass is 79.9. The molecular weight excluding hydrogens is 313 g/mol. The molecule has 0 bridgehead atoms. The summed E-state index contributed by atoms with van der Waals surface area (Å²) >= 11 is 3.22. The van der Waals surface area contributed by atoms with E-state index in [1.807, 2.05) is 0 Å². The van der Waals surface area contributed by atoms with Crippen LogP contribution in [0.5, 0.6) is 0 Å². The minimum atomic E-state index is -0.364. The molecule has 19 heavy (non-hydrogen) atoms. The Balaban J connectivity index is 2.10. The molecule has 0 saturated heterocycles. The van der Waals surface area contributed by atoms with Crippen LogP contribution in [0.25, 0.3) is 17.1 Å². The van der Waals surface area contributed by atoms with Gasteiger partial charge in [-0.25, -0.2) is 9.07 Å². The molecule has 3 rings (SSSR count). The van der Waals surface area contributed by atoms with Crippen molar-refractivity contribution in [2.24, 2.45) is 0 Å². The van der Waals surface area contributed by atoms with Crippen LogP contribution in [0.15, 0.2) is 51.7 Å². The van der Waals surface area contributed by atoms with Crippen molar-refractivity contribution in [1.29, 1.82) is 0 Å². The van der Waals surface area contributed by atoms with Gasteiger partial charge in [0.15, 0.2) is 16.1 Å². The first-order valence-corrected chi connectivity index (χ1v) is 6.30. The zero-order valence-corrected chi connectivity index (χ0v) is 11.3. The number of hydrogen-bond acceptors (Lipinski definition) is 3. The van der Waals surface area contributed by atoms with E-state index in [-0.39, 0.29) is 5.82 Å². The molecule has 0 aliphatic heterocycles. The molecule has 2 aromatic heterocycles. The molecule has 2 N–H and O–H groups in total. The zero-order chi connectivity index (χ0) is 13.4. The number of benzene rings is 1. The minimum absolute atomic E-state index is 0.339. The summed E-state index contributed by atoms with van der Waals surface area (Å²) < 4.78 is 21.1. The van der Waals surface area contributed by atoms with Crippen molar-refractivity contribution in [2.75, 3.05) is 5.73 Å². The number of furan rings is 1. The average molecular weight is 322 g/mol. The van der Waals surface area contributed by atoms with Crippen LogP contribution in [0.3, 0.4) is 0 Å². The van der Waals surface area contributed by atoms with E-state index in [0.717, 1.165) is 0 Å². The van der Waals surface area contributed by atoms with Crippen molar-refractivity contribution >= 4 is 21.6 Å². The molecule has 0 radical (unpaired) electrons. The number of anilines is 1. The standard InChI is InChI=1S/C13H9BrFN3O/c14-12-6-5-11(19-12)13-9(16)7-18(17-13)10-4-2-1-3-8(10)15/h1-7H,16H2. The second kappa shape index (κ2) is 4.55. The van der Waals surface area contributed by atoms with E-state index < -0.39 is 0 Å². The summed E-state index contributed by atoms with van der Waals surface area (Å²) in [5.41, 5.74) is 7.13. The molecule has 0 unspecified atom stereocenters. The molecule has 0 aliphatic carbocycles. The van der Waals surface area contributed by atoms with Gasteiger partial charge in [-0.05, 0) is 40.2 Å². The highest BCUT2D eigenvalue weighted by molar-refractivity contribution is 9.10. The second-order valence-corrected chi connectivity index (χ2v) is 4.71. The molecule has 6 heteroatoms. The van der Waals surface area contributed by atoms with E-state index in [9.17, 15) is 4.39 Å². The molecule has 0 spiro atoms. The third-order valence-electron chi connectivity index (χ3n) is 2.65. The lowest BCUT2D eigenvalue weighted by Crippen LogP contribution is -1.97. The predicted molar refractivity (Wildman–Crippen MR) is 73.3 cm³/mol. The predicted octanol–water partition coefficient (Wildman–Crippen LogP) is 3.62. The Morgan fingerprint density at radius 1 is 1.21 bits per heavy atom. The number of hydrogen-bond donors (Lipinski definition) is 1. The first kappa shape index (κ1) is 12.0. The molecule has 1 aromatic carbocycles. The van der Waals surface area contributed by atoms with Crippen LogP contribution in [0, 0.1) is 5.82 Å². The molecule has 0 atom stereocenters. The highest BCUT2D eigenvalue weighted by Gasteiger charge is 2.14. The van der Waals surface area contributed by atoms with Crippen LogP contribution in [0.2, 0.25) is 0 Å². The van der Waals surface area contributed by atoms with Gasteiger partial charge in [0.05, 0.1) is 11.9 Å². The van der Waals surface area contributed by atoms with Crippen molar-refractivity contribution in [1.82, 2.24) is 9.78 Å². The molecule has 3 aromatic rings. The highest BCUT2D eigenvalue weighted by Crippen LogP contribution is 2.29. The number of nitrogens with two attached hydrogens (primary N) is 1. The van der Waals surface area contributed by atoms with Gasteiger partial charge in [0, 0.05) is 0 Å². The lowest BCUT2D eigenvalue weighted by Gasteiger charge is -2.01. The molecule has 0 saturated carbocycles. The van der Waals surface area contributed by atoms with Gasteiger partial charge in [-0.3, -0.25) is 0 Å². The molecule has 0 amide bonds. The van der Waals surface area contributed by atoms with E-state index in [1.54, 1.807) is 36.5 Å². The maximum Gasteiger partial charge on any atom is 0.169 e. The summed E-state index contributed by atoms with van der Waals surface area (Å²) in [6, 6.07) is 9.85. The van der Waals surface area contributed by atoms with Gasteiger partial charge < -0.3 is 10.2 Å². The smallest absolute Gasteiger partial charge is 0.169 e. The van der Waals surface area contributed by atoms with Gasteiger partial charge in [0.1, 0.15) is 11.5 Å². The number of nitrogen functional groups attached to an aromatic ring is 1. The van der Waals surface area contributed by atoms with Crippen molar-refractivity contribution < 1.29 is 8.81 Å². The molecule has 4 nitrogen and oxygen atoms in total. The summed E-state index contributed by atoms with van der Waals surface area (Å²) in [7, 11) is 0. The van der Waals surface area contributed by atoms with Crippen LogP contribution in [-0.2, 0) is 0 Å². The Labute approximate surface area is 116 Å². The minimum Gasteiger partial charge on any atom is -0.448 e. The van der Waals surface area contributed by atoms with Gasteiger partial charge >= 0.3 is 0 Å². The Bertz CT molecular complexity index is 735. The quantitative estimate of drug-likeness (QED) is 0.784. The summed E-state index contributed by atoms with van der Waals surface area (Å²) in [4.78, 5) is 0. The van der Waals surface area contributed by atoms with E-state index in [2.05, 4.69) is 21.0 Å². The van der Waals surface area contributed by atoms with Gasteiger partial charge in [-0.1, -0.05) is 12.1 Å². The largest absolute Gasteiger partial charge is 0.448 e. The number of aromatic nitrogens is 2. The fraction of sp³-hybridized carbons (Fsp3) is 0. The molecule has 0 fully saturated rings. The van der Waals surface area contributed by atoms with Gasteiger partial charge in [0.2, 0.25) is 0 Å². The van der Waals surface area contributed by atoms with Crippen LogP contribution in [-0.4, -0.2) is 9.78 Å². The monoisotopic (exact) mass is 321 g/mol. The van der Waals surface area contributed by atoms with Crippen LogP contribution in [0.4, 0.5) is 10.1 Å². The molecule has 96 valence electrons. The Kier molecular flexibility index (Phi) is 2.87. The third kappa shape index (κ3) is 2.15. The first-order valence-electron chi connectivity index (χ1n) is 5.51. The first-order chi connectivity index (χ1) is 9.15. The molecule has 2 heterocycles. The lowest BCUT2D eigenvalue weighted by atomic mass is 10.3. The van der Waals surface area contributed by atoms with E-state index >= 15 is 0 Å². The molecule has 0 aliphatic rings. The fourth-order valence-electron chi connectivity index (χ4n) is 1.78. The number of nitrogens with zero attached hydrogens (tertiary/aromatic N) is 2. The average Bonchev–Trinajstić information content (AvgIpc) is 2.96. The fourth-order valence-corrected chi connectivity index (χ4v) is 2.09. The summed E-state index contributed by atoms with van der Waals surface area (Å²) in [5, 5.41) is 4.26. The maximum atomic E-state index is 13.7. The van der Waals surface area contributed by atoms with E-state index in [4.69, 9.17) is 10.2 Å². The van der Waals surface area contributed by atoms with Crippen LogP contribution < -0.4 is 5.73 Å². The van der Waals surface area contributed by atoms with Gasteiger partial charge in [-0.2, -0.15) is 5.10 Å². The van der Waals surface area contributed by atoms with Crippen molar-refractivity contribution in [2.45, 2.75) is 0 Å². The number of halogens is 2. The molecular formula is C13H9BrFN3O. The van der Waals surface area contributed by atoms with Crippen molar-refractivity contribution in [3.8, 4) is 17.1 Å². The SMILES string of the molecule is Nc1cn(-c2ccccc2F)nc1-c1ccc(Br)o1. The second-order valence-electron chi connectivity index (χ2n) is 3.93. The normalized spacial score (nSPS) is 10.8. The van der Waals surface area contributed by atoms with Gasteiger partial charge in [-0.15, -0.1) is 0 Å². The number of rotatable bonds is 2. The lowest BCUT2D eigenvalue weighted by molar-refractivity contribution is 0.552. The Hall–Kier alpha value is -2.08. The summed E-state index contributed by atoms with van der Waals surface area (Å²) in [5.74, 6) is 0.164. The van der Waals surface area contributed by atoms with E-state index in [1.165, 1.54) is 10.7 Å². The van der Waals surface area contributed by atoms with Crippen molar-refractivity contribution in [3.05, 3.63) is 53.1 Å².